The first-order chi connectivity index (χ1) is 10.0. The Labute approximate surface area is 135 Å². The van der Waals surface area contributed by atoms with E-state index in [-0.39, 0.29) is 0 Å². The Morgan fingerprint density at radius 3 is 1.41 bits per heavy atom. The largest absolute Gasteiger partial charge is 0.522 e. The molecule has 0 heterocycles. The van der Waals surface area contributed by atoms with Gasteiger partial charge in [-0.1, -0.05) is 47.5 Å². The van der Waals surface area contributed by atoms with Crippen molar-refractivity contribution in [3.05, 3.63) is 58.6 Å². The van der Waals surface area contributed by atoms with Gasteiger partial charge in [0.25, 0.3) is 0 Å². The summed E-state index contributed by atoms with van der Waals surface area (Å²) in [5.74, 6) is 0. The third-order valence-corrected chi connectivity index (χ3v) is 3.33. The number of rotatable bonds is 1. The van der Waals surface area contributed by atoms with Gasteiger partial charge in [-0.2, -0.15) is 21.6 Å². The highest BCUT2D eigenvalue weighted by atomic mass is 35.5. The van der Waals surface area contributed by atoms with Crippen LogP contribution in [0.25, 0.3) is 11.1 Å². The highest BCUT2D eigenvalue weighted by Crippen LogP contribution is 2.24. The summed E-state index contributed by atoms with van der Waals surface area (Å²) in [5, 5.41) is 1.48. The van der Waals surface area contributed by atoms with Gasteiger partial charge in [0.2, 0.25) is 0 Å². The van der Waals surface area contributed by atoms with Gasteiger partial charge in [0.05, 0.1) is 0 Å². The Hall–Kier alpha value is -1.28. The molecular weight excluding hydrogens is 364 g/mol. The average molecular weight is 373 g/mol. The molecule has 120 valence electrons. The summed E-state index contributed by atoms with van der Waals surface area (Å²) in [5.41, 5.74) is -3.37. The Kier molecular flexibility index (Phi) is 6.25. The van der Waals surface area contributed by atoms with Gasteiger partial charge >= 0.3 is 15.6 Å². The maximum absolute atomic E-state index is 10.7. The topological polar surface area (TPSA) is 54.4 Å². The Morgan fingerprint density at radius 2 is 1.18 bits per heavy atom. The van der Waals surface area contributed by atoms with Crippen LogP contribution in [0.3, 0.4) is 0 Å². The predicted octanol–water partition coefficient (Wildman–Crippen LogP) is 5.05. The molecule has 2 aromatic carbocycles. The minimum atomic E-state index is -5.84. The molecule has 22 heavy (non-hydrogen) atoms. The van der Waals surface area contributed by atoms with Crippen LogP contribution in [0.5, 0.6) is 0 Å². The Morgan fingerprint density at radius 1 is 0.864 bits per heavy atom. The maximum atomic E-state index is 10.7. The van der Waals surface area contributed by atoms with Crippen molar-refractivity contribution in [3.8, 4) is 11.1 Å². The van der Waals surface area contributed by atoms with Crippen LogP contribution in [0.15, 0.2) is 48.5 Å². The van der Waals surface area contributed by atoms with Gasteiger partial charge in [-0.15, -0.1) is 0 Å². The first kappa shape index (κ1) is 18.8. The fraction of sp³-hybridized carbons (Fsp3) is 0.0769. The number of benzene rings is 2. The number of hydrogen-bond donors (Lipinski definition) is 1. The molecule has 0 unspecified atom stereocenters. The first-order valence-electron chi connectivity index (χ1n) is 5.56. The van der Waals surface area contributed by atoms with Gasteiger partial charge in [0.1, 0.15) is 0 Å². The summed E-state index contributed by atoms with van der Waals surface area (Å²) >= 11 is 11.8. The van der Waals surface area contributed by atoms with Crippen molar-refractivity contribution in [1.82, 2.24) is 0 Å². The molecule has 0 aromatic heterocycles. The van der Waals surface area contributed by atoms with E-state index < -0.39 is 15.6 Å². The lowest BCUT2D eigenvalue weighted by molar-refractivity contribution is -0.0510. The van der Waals surface area contributed by atoms with Gasteiger partial charge in [-0.05, 0) is 35.4 Å². The molecular formula is C13H9Cl2F3O3S. The van der Waals surface area contributed by atoms with Crippen LogP contribution in [-0.2, 0) is 10.1 Å². The summed E-state index contributed by atoms with van der Waals surface area (Å²) < 4.78 is 57.5. The average Bonchev–Trinajstić information content (AvgIpc) is 2.37. The molecule has 0 spiro atoms. The van der Waals surface area contributed by atoms with Gasteiger partial charge < -0.3 is 0 Å². The Balaban J connectivity index is 0.000000261. The molecule has 0 aliphatic carbocycles. The second-order valence-electron chi connectivity index (χ2n) is 3.94. The van der Waals surface area contributed by atoms with E-state index in [9.17, 15) is 13.2 Å². The van der Waals surface area contributed by atoms with E-state index in [2.05, 4.69) is 0 Å². The van der Waals surface area contributed by atoms with Crippen molar-refractivity contribution >= 4 is 33.3 Å². The molecule has 0 aliphatic heterocycles. The van der Waals surface area contributed by atoms with E-state index in [1.54, 1.807) is 0 Å². The SMILES string of the molecule is Clc1cccc(-c2cccc(Cl)c2)c1.O=S(=O)(O)C(F)(F)F. The molecule has 0 radical (unpaired) electrons. The van der Waals surface area contributed by atoms with Crippen LogP contribution in [0.4, 0.5) is 13.2 Å². The molecule has 0 fully saturated rings. The van der Waals surface area contributed by atoms with Gasteiger partial charge in [-0.3, -0.25) is 4.55 Å². The second-order valence-corrected chi connectivity index (χ2v) is 6.23. The second kappa shape index (κ2) is 7.32. The lowest BCUT2D eigenvalue weighted by Crippen LogP contribution is -2.21. The molecule has 0 bridgehead atoms. The Bertz CT molecular complexity index is 703. The lowest BCUT2D eigenvalue weighted by atomic mass is 10.1. The fourth-order valence-electron chi connectivity index (χ4n) is 1.34. The monoisotopic (exact) mass is 372 g/mol. The normalized spacial score (nSPS) is 11.5. The molecule has 1 N–H and O–H groups in total. The molecule has 0 saturated heterocycles. The van der Waals surface area contributed by atoms with Crippen LogP contribution in [0.1, 0.15) is 0 Å². The highest BCUT2D eigenvalue weighted by Gasteiger charge is 2.44. The smallest absolute Gasteiger partial charge is 0.279 e. The molecule has 2 aromatic rings. The van der Waals surface area contributed by atoms with E-state index in [0.717, 1.165) is 21.2 Å². The minimum absolute atomic E-state index is 0.738. The third kappa shape index (κ3) is 5.84. The maximum Gasteiger partial charge on any atom is 0.522 e. The predicted molar refractivity (Wildman–Crippen MR) is 79.5 cm³/mol. The van der Waals surface area contributed by atoms with Crippen LogP contribution >= 0.6 is 23.2 Å². The fourth-order valence-corrected chi connectivity index (χ4v) is 1.72. The van der Waals surface area contributed by atoms with E-state index in [1.807, 2.05) is 48.5 Å². The molecule has 0 aliphatic rings. The quantitative estimate of drug-likeness (QED) is 0.562. The summed E-state index contributed by atoms with van der Waals surface area (Å²) in [6, 6.07) is 15.4. The van der Waals surface area contributed by atoms with Crippen LogP contribution in [-0.4, -0.2) is 18.5 Å². The molecule has 9 heteroatoms. The molecule has 0 saturated carbocycles. The van der Waals surface area contributed by atoms with E-state index in [1.165, 1.54) is 0 Å². The lowest BCUT2D eigenvalue weighted by Gasteiger charge is -2.02. The highest BCUT2D eigenvalue weighted by molar-refractivity contribution is 7.86. The van der Waals surface area contributed by atoms with Gasteiger partial charge in [0.15, 0.2) is 0 Å². The number of hydrogen-bond acceptors (Lipinski definition) is 2. The number of alkyl halides is 3. The summed E-state index contributed by atoms with van der Waals surface area (Å²) in [6.07, 6.45) is 0. The van der Waals surface area contributed by atoms with Gasteiger partial charge in [-0.25, -0.2) is 0 Å². The van der Waals surface area contributed by atoms with Crippen molar-refractivity contribution in [2.45, 2.75) is 5.51 Å². The standard InChI is InChI=1S/C12H8Cl2.CHF3O3S/c13-11-5-1-3-9(7-11)10-4-2-6-12(14)8-10;2-1(3,4)8(5,6)7/h1-8H;(H,5,6,7). The van der Waals surface area contributed by atoms with Crippen molar-refractivity contribution in [1.29, 1.82) is 0 Å². The van der Waals surface area contributed by atoms with Crippen molar-refractivity contribution < 1.29 is 26.1 Å². The molecule has 0 atom stereocenters. The number of halogens is 5. The molecule has 3 nitrogen and oxygen atoms in total. The summed E-state index contributed by atoms with van der Waals surface area (Å²) in [6.45, 7) is 0. The van der Waals surface area contributed by atoms with Crippen LogP contribution in [0, 0.1) is 0 Å². The zero-order valence-corrected chi connectivity index (χ0v) is 13.0. The first-order valence-corrected chi connectivity index (χ1v) is 7.75. The van der Waals surface area contributed by atoms with Gasteiger partial charge in [0, 0.05) is 10.0 Å². The van der Waals surface area contributed by atoms with Crippen molar-refractivity contribution in [2.24, 2.45) is 0 Å². The van der Waals surface area contributed by atoms with Crippen molar-refractivity contribution in [2.75, 3.05) is 0 Å². The van der Waals surface area contributed by atoms with E-state index in [4.69, 9.17) is 36.2 Å². The van der Waals surface area contributed by atoms with E-state index in [0.29, 0.717) is 0 Å². The van der Waals surface area contributed by atoms with E-state index >= 15 is 0 Å². The zero-order valence-electron chi connectivity index (χ0n) is 10.7. The molecule has 0 amide bonds. The summed E-state index contributed by atoms with van der Waals surface area (Å²) in [4.78, 5) is 0. The minimum Gasteiger partial charge on any atom is -0.279 e. The van der Waals surface area contributed by atoms with Crippen LogP contribution < -0.4 is 0 Å². The summed E-state index contributed by atoms with van der Waals surface area (Å²) in [7, 11) is -5.84. The zero-order chi connectivity index (χ0) is 17.0. The molecule has 2 rings (SSSR count). The third-order valence-electron chi connectivity index (χ3n) is 2.28. The van der Waals surface area contributed by atoms with Crippen LogP contribution in [0.2, 0.25) is 10.0 Å². The van der Waals surface area contributed by atoms with Crippen molar-refractivity contribution in [3.63, 3.8) is 0 Å².